The Morgan fingerprint density at radius 2 is 2.50 bits per heavy atom. The maximum atomic E-state index is 11.3. The summed E-state index contributed by atoms with van der Waals surface area (Å²) in [5.41, 5.74) is -0.815. The van der Waals surface area contributed by atoms with Crippen LogP contribution in [0.4, 0.5) is 0 Å². The van der Waals surface area contributed by atoms with Gasteiger partial charge in [-0.3, -0.25) is 4.79 Å². The van der Waals surface area contributed by atoms with E-state index in [4.69, 9.17) is 0 Å². The minimum Gasteiger partial charge on any atom is -0.384 e. The monoisotopic (exact) mass is 167 g/mol. The molecule has 1 amide bonds. The maximum absolute atomic E-state index is 11.3. The molecule has 0 radical (unpaired) electrons. The van der Waals surface area contributed by atoms with Gasteiger partial charge < -0.3 is 10.0 Å². The van der Waals surface area contributed by atoms with Gasteiger partial charge in [0.05, 0.1) is 6.04 Å². The highest BCUT2D eigenvalue weighted by molar-refractivity contribution is 5.89. The van der Waals surface area contributed by atoms with Crippen LogP contribution in [-0.4, -0.2) is 34.1 Å². The summed E-state index contributed by atoms with van der Waals surface area (Å²) >= 11 is 0. The third-order valence-electron chi connectivity index (χ3n) is 2.77. The van der Waals surface area contributed by atoms with Crippen molar-refractivity contribution in [2.75, 3.05) is 6.54 Å². The second-order valence-electron chi connectivity index (χ2n) is 3.75. The summed E-state index contributed by atoms with van der Waals surface area (Å²) in [7, 11) is 0. The second kappa shape index (κ2) is 2.33. The Labute approximate surface area is 71.7 Å². The summed E-state index contributed by atoms with van der Waals surface area (Å²) in [6, 6.07) is 0.00926. The van der Waals surface area contributed by atoms with E-state index in [2.05, 4.69) is 0 Å². The van der Waals surface area contributed by atoms with Crippen LogP contribution < -0.4 is 0 Å². The fourth-order valence-electron chi connectivity index (χ4n) is 2.08. The maximum Gasteiger partial charge on any atom is 0.246 e. The molecule has 0 aromatic carbocycles. The Hall–Kier alpha value is -0.830. The van der Waals surface area contributed by atoms with Crippen LogP contribution in [0.25, 0.3) is 0 Å². The van der Waals surface area contributed by atoms with Crippen LogP contribution in [-0.2, 0) is 4.79 Å². The number of aliphatic hydroxyl groups is 1. The highest BCUT2D eigenvalue weighted by Crippen LogP contribution is 2.31. The van der Waals surface area contributed by atoms with Crippen LogP contribution in [0, 0.1) is 0 Å². The molecule has 0 spiro atoms. The van der Waals surface area contributed by atoms with Crippen LogP contribution in [0.3, 0.4) is 0 Å². The smallest absolute Gasteiger partial charge is 0.246 e. The molecule has 2 aliphatic heterocycles. The molecule has 2 heterocycles. The molecule has 0 aromatic rings. The summed E-state index contributed by atoms with van der Waals surface area (Å²) in [6.45, 7) is 2.56. The third-order valence-corrected chi connectivity index (χ3v) is 2.77. The van der Waals surface area contributed by atoms with Crippen molar-refractivity contribution in [3.63, 3.8) is 0 Å². The predicted molar refractivity (Wildman–Crippen MR) is 44.5 cm³/mol. The quantitative estimate of drug-likeness (QED) is 0.563. The molecular formula is C9H13NO2. The Morgan fingerprint density at radius 3 is 3.17 bits per heavy atom. The van der Waals surface area contributed by atoms with E-state index in [0.717, 1.165) is 19.4 Å². The lowest BCUT2D eigenvalue weighted by Crippen LogP contribution is -2.51. The van der Waals surface area contributed by atoms with Crippen molar-refractivity contribution in [2.24, 2.45) is 0 Å². The Kier molecular flexibility index (Phi) is 1.51. The van der Waals surface area contributed by atoms with Gasteiger partial charge in [0, 0.05) is 12.6 Å². The summed E-state index contributed by atoms with van der Waals surface area (Å²) in [6.07, 6.45) is 5.01. The highest BCUT2D eigenvalue weighted by atomic mass is 16.3. The standard InChI is InChI=1S/C9H13NO2/c1-9(12)5-4-8(11)10-6-2-3-7(9)10/h4-5,7,12H,2-3,6H2,1H3/t7-,9-/m0/s1. The van der Waals surface area contributed by atoms with Gasteiger partial charge >= 0.3 is 0 Å². The minimum atomic E-state index is -0.815. The lowest BCUT2D eigenvalue weighted by atomic mass is 9.91. The Morgan fingerprint density at radius 1 is 1.75 bits per heavy atom. The van der Waals surface area contributed by atoms with E-state index >= 15 is 0 Å². The van der Waals surface area contributed by atoms with E-state index in [0.29, 0.717) is 0 Å². The average molecular weight is 167 g/mol. The third kappa shape index (κ3) is 0.966. The molecule has 0 saturated carbocycles. The highest BCUT2D eigenvalue weighted by Gasteiger charge is 2.42. The molecule has 3 nitrogen and oxygen atoms in total. The molecule has 0 aromatic heterocycles. The van der Waals surface area contributed by atoms with E-state index in [9.17, 15) is 9.90 Å². The number of carbonyl (C=O) groups excluding carboxylic acids is 1. The van der Waals surface area contributed by atoms with Crippen molar-refractivity contribution in [1.82, 2.24) is 4.90 Å². The molecule has 2 atom stereocenters. The topological polar surface area (TPSA) is 40.5 Å². The first-order valence-corrected chi connectivity index (χ1v) is 4.33. The fraction of sp³-hybridized carbons (Fsp3) is 0.667. The summed E-state index contributed by atoms with van der Waals surface area (Å²) in [5, 5.41) is 9.88. The SMILES string of the molecule is C[C@]1(O)C=CC(=O)N2CCC[C@H]21. The van der Waals surface area contributed by atoms with Crippen molar-refractivity contribution in [3.8, 4) is 0 Å². The molecule has 0 aliphatic carbocycles. The molecule has 0 unspecified atom stereocenters. The van der Waals surface area contributed by atoms with E-state index in [1.165, 1.54) is 6.08 Å². The molecule has 3 heteroatoms. The first-order chi connectivity index (χ1) is 5.61. The van der Waals surface area contributed by atoms with Crippen LogP contribution >= 0.6 is 0 Å². The van der Waals surface area contributed by atoms with Gasteiger partial charge in [-0.05, 0) is 25.8 Å². The fourth-order valence-corrected chi connectivity index (χ4v) is 2.08. The lowest BCUT2D eigenvalue weighted by Gasteiger charge is -2.37. The van der Waals surface area contributed by atoms with Crippen molar-refractivity contribution >= 4 is 5.91 Å². The van der Waals surface area contributed by atoms with E-state index < -0.39 is 5.60 Å². The molecule has 12 heavy (non-hydrogen) atoms. The van der Waals surface area contributed by atoms with E-state index in [1.54, 1.807) is 17.9 Å². The van der Waals surface area contributed by atoms with Gasteiger partial charge in [0.15, 0.2) is 0 Å². The van der Waals surface area contributed by atoms with Gasteiger partial charge in [0.1, 0.15) is 5.60 Å². The van der Waals surface area contributed by atoms with Crippen LogP contribution in [0.15, 0.2) is 12.2 Å². The minimum absolute atomic E-state index is 0.00926. The normalized spacial score (nSPS) is 40.3. The predicted octanol–water partition coefficient (Wildman–Crippen LogP) is 0.298. The molecule has 0 bridgehead atoms. The number of amides is 1. The van der Waals surface area contributed by atoms with Gasteiger partial charge in [-0.1, -0.05) is 0 Å². The molecule has 1 saturated heterocycles. The van der Waals surface area contributed by atoms with Crippen LogP contribution in [0.2, 0.25) is 0 Å². The van der Waals surface area contributed by atoms with Gasteiger partial charge in [0.2, 0.25) is 5.91 Å². The van der Waals surface area contributed by atoms with Crippen molar-refractivity contribution in [3.05, 3.63) is 12.2 Å². The number of rotatable bonds is 0. The summed E-state index contributed by atoms with van der Waals surface area (Å²) < 4.78 is 0. The number of nitrogens with zero attached hydrogens (tertiary/aromatic N) is 1. The Balaban J connectivity index is 2.34. The average Bonchev–Trinajstić information content (AvgIpc) is 2.46. The van der Waals surface area contributed by atoms with Crippen LogP contribution in [0.1, 0.15) is 19.8 Å². The summed E-state index contributed by atoms with van der Waals surface area (Å²) in [4.78, 5) is 13.1. The van der Waals surface area contributed by atoms with Crippen LogP contribution in [0.5, 0.6) is 0 Å². The molecule has 1 N–H and O–H groups in total. The van der Waals surface area contributed by atoms with E-state index in [1.807, 2.05) is 0 Å². The van der Waals surface area contributed by atoms with Gasteiger partial charge in [-0.15, -0.1) is 0 Å². The van der Waals surface area contributed by atoms with Crippen molar-refractivity contribution in [2.45, 2.75) is 31.4 Å². The van der Waals surface area contributed by atoms with Gasteiger partial charge in [-0.2, -0.15) is 0 Å². The molecule has 2 rings (SSSR count). The number of fused-ring (bicyclic) bond motifs is 1. The molecule has 2 aliphatic rings. The number of hydrogen-bond acceptors (Lipinski definition) is 2. The first kappa shape index (κ1) is 7.80. The Bertz CT molecular complexity index is 245. The van der Waals surface area contributed by atoms with Gasteiger partial charge in [0.25, 0.3) is 0 Å². The largest absolute Gasteiger partial charge is 0.384 e. The molecule has 1 fully saturated rings. The zero-order valence-corrected chi connectivity index (χ0v) is 7.16. The van der Waals surface area contributed by atoms with Crippen molar-refractivity contribution < 1.29 is 9.90 Å². The lowest BCUT2D eigenvalue weighted by molar-refractivity contribution is -0.132. The van der Waals surface area contributed by atoms with Crippen molar-refractivity contribution in [1.29, 1.82) is 0 Å². The second-order valence-corrected chi connectivity index (χ2v) is 3.75. The summed E-state index contributed by atoms with van der Waals surface area (Å²) in [5.74, 6) is 0.0454. The molecule has 66 valence electrons. The van der Waals surface area contributed by atoms with E-state index in [-0.39, 0.29) is 11.9 Å². The number of carbonyl (C=O) groups is 1. The number of hydrogen-bond donors (Lipinski definition) is 1. The zero-order valence-electron chi connectivity index (χ0n) is 7.16. The first-order valence-electron chi connectivity index (χ1n) is 4.33. The molecular weight excluding hydrogens is 154 g/mol. The van der Waals surface area contributed by atoms with Gasteiger partial charge in [-0.25, -0.2) is 0 Å². The zero-order chi connectivity index (χ0) is 8.77.